The summed E-state index contributed by atoms with van der Waals surface area (Å²) in [4.78, 5) is 2.56. The van der Waals surface area contributed by atoms with Crippen LogP contribution in [-0.2, 0) is 0 Å². The molecular weight excluding hydrogens is 160 g/mol. The molecule has 0 saturated heterocycles. The third-order valence-electron chi connectivity index (χ3n) is 2.47. The SMILES string of the molecule is C=C(C)CNCCN(CC)C1CC1. The van der Waals surface area contributed by atoms with Gasteiger partial charge in [-0.3, -0.25) is 4.90 Å². The van der Waals surface area contributed by atoms with Gasteiger partial charge in [-0.1, -0.05) is 19.1 Å². The van der Waals surface area contributed by atoms with Crippen LogP contribution in [0.25, 0.3) is 0 Å². The van der Waals surface area contributed by atoms with Gasteiger partial charge in [0.1, 0.15) is 0 Å². The van der Waals surface area contributed by atoms with E-state index in [1.54, 1.807) is 0 Å². The van der Waals surface area contributed by atoms with Crippen LogP contribution >= 0.6 is 0 Å². The Balaban J connectivity index is 1.99. The van der Waals surface area contributed by atoms with Crippen molar-refractivity contribution in [1.82, 2.24) is 10.2 Å². The zero-order valence-corrected chi connectivity index (χ0v) is 8.97. The van der Waals surface area contributed by atoms with Crippen molar-refractivity contribution in [2.75, 3.05) is 26.2 Å². The molecule has 0 unspecified atom stereocenters. The highest BCUT2D eigenvalue weighted by molar-refractivity contribution is 4.90. The Bertz CT molecular complexity index is 161. The molecule has 0 bridgehead atoms. The van der Waals surface area contributed by atoms with Crippen molar-refractivity contribution < 1.29 is 0 Å². The maximum Gasteiger partial charge on any atom is 0.0159 e. The fraction of sp³-hybridized carbons (Fsp3) is 0.818. The number of nitrogens with zero attached hydrogens (tertiary/aromatic N) is 1. The lowest BCUT2D eigenvalue weighted by atomic mass is 10.3. The molecule has 0 aromatic carbocycles. The molecule has 1 fully saturated rings. The van der Waals surface area contributed by atoms with E-state index in [-0.39, 0.29) is 0 Å². The van der Waals surface area contributed by atoms with Gasteiger partial charge in [-0.05, 0) is 26.3 Å². The highest BCUT2D eigenvalue weighted by atomic mass is 15.2. The predicted molar refractivity (Wildman–Crippen MR) is 58.0 cm³/mol. The number of rotatable bonds is 7. The molecule has 1 saturated carbocycles. The third-order valence-corrected chi connectivity index (χ3v) is 2.47. The summed E-state index contributed by atoms with van der Waals surface area (Å²) >= 11 is 0. The summed E-state index contributed by atoms with van der Waals surface area (Å²) in [7, 11) is 0. The van der Waals surface area contributed by atoms with E-state index in [2.05, 4.69) is 30.6 Å². The molecule has 0 atom stereocenters. The first-order valence-electron chi connectivity index (χ1n) is 5.33. The summed E-state index contributed by atoms with van der Waals surface area (Å²) in [6.07, 6.45) is 2.82. The van der Waals surface area contributed by atoms with E-state index in [1.165, 1.54) is 31.5 Å². The average Bonchev–Trinajstić information content (AvgIpc) is 2.87. The summed E-state index contributed by atoms with van der Waals surface area (Å²) in [5.41, 5.74) is 1.22. The summed E-state index contributed by atoms with van der Waals surface area (Å²) < 4.78 is 0. The van der Waals surface area contributed by atoms with Crippen molar-refractivity contribution in [3.8, 4) is 0 Å². The molecule has 76 valence electrons. The summed E-state index contributed by atoms with van der Waals surface area (Å²) in [6.45, 7) is 12.6. The molecule has 13 heavy (non-hydrogen) atoms. The number of hydrogen-bond donors (Lipinski definition) is 1. The van der Waals surface area contributed by atoms with Crippen molar-refractivity contribution in [3.05, 3.63) is 12.2 Å². The van der Waals surface area contributed by atoms with Gasteiger partial charge in [-0.15, -0.1) is 0 Å². The Kier molecular flexibility index (Phi) is 4.46. The molecule has 2 nitrogen and oxygen atoms in total. The van der Waals surface area contributed by atoms with Crippen molar-refractivity contribution >= 4 is 0 Å². The van der Waals surface area contributed by atoms with Gasteiger partial charge in [0.2, 0.25) is 0 Å². The van der Waals surface area contributed by atoms with Crippen LogP contribution in [0.1, 0.15) is 26.7 Å². The lowest BCUT2D eigenvalue weighted by Crippen LogP contribution is -2.34. The van der Waals surface area contributed by atoms with Gasteiger partial charge in [-0.25, -0.2) is 0 Å². The van der Waals surface area contributed by atoms with Crippen LogP contribution < -0.4 is 5.32 Å². The minimum Gasteiger partial charge on any atom is -0.312 e. The number of hydrogen-bond acceptors (Lipinski definition) is 2. The molecule has 1 aliphatic rings. The van der Waals surface area contributed by atoms with E-state index in [9.17, 15) is 0 Å². The lowest BCUT2D eigenvalue weighted by molar-refractivity contribution is 0.278. The molecule has 0 heterocycles. The fourth-order valence-corrected chi connectivity index (χ4v) is 1.56. The first kappa shape index (κ1) is 10.7. The minimum absolute atomic E-state index is 0.900. The van der Waals surface area contributed by atoms with E-state index in [0.29, 0.717) is 0 Å². The van der Waals surface area contributed by atoms with Crippen LogP contribution in [0, 0.1) is 0 Å². The van der Waals surface area contributed by atoms with E-state index < -0.39 is 0 Å². The second-order valence-electron chi connectivity index (χ2n) is 3.99. The second-order valence-corrected chi connectivity index (χ2v) is 3.99. The van der Waals surface area contributed by atoms with Crippen molar-refractivity contribution in [1.29, 1.82) is 0 Å². The van der Waals surface area contributed by atoms with Gasteiger partial charge in [0, 0.05) is 25.7 Å². The zero-order valence-electron chi connectivity index (χ0n) is 8.97. The van der Waals surface area contributed by atoms with Crippen molar-refractivity contribution in [2.45, 2.75) is 32.7 Å². The quantitative estimate of drug-likeness (QED) is 0.475. The molecule has 1 rings (SSSR count). The smallest absolute Gasteiger partial charge is 0.0159 e. The number of nitrogens with one attached hydrogen (secondary N) is 1. The number of likely N-dealkylation sites (N-methyl/N-ethyl adjacent to an activating group) is 1. The summed E-state index contributed by atoms with van der Waals surface area (Å²) in [5, 5.41) is 3.39. The minimum atomic E-state index is 0.900. The molecule has 0 aromatic heterocycles. The molecule has 0 amide bonds. The Morgan fingerprint density at radius 2 is 2.23 bits per heavy atom. The van der Waals surface area contributed by atoms with E-state index in [1.807, 2.05) is 0 Å². The molecular formula is C11H22N2. The van der Waals surface area contributed by atoms with Crippen LogP contribution in [0.4, 0.5) is 0 Å². The summed E-state index contributed by atoms with van der Waals surface area (Å²) in [5.74, 6) is 0. The first-order chi connectivity index (χ1) is 6.24. The standard InChI is InChI=1S/C11H22N2/c1-4-13(11-5-6-11)8-7-12-9-10(2)3/h11-12H,2,4-9H2,1,3H3. The van der Waals surface area contributed by atoms with Crippen molar-refractivity contribution in [3.63, 3.8) is 0 Å². The van der Waals surface area contributed by atoms with Crippen LogP contribution in [0.5, 0.6) is 0 Å². The lowest BCUT2D eigenvalue weighted by Gasteiger charge is -2.19. The molecule has 0 radical (unpaired) electrons. The van der Waals surface area contributed by atoms with Crippen molar-refractivity contribution in [2.24, 2.45) is 0 Å². The molecule has 0 spiro atoms. The normalized spacial score (nSPS) is 16.5. The van der Waals surface area contributed by atoms with Gasteiger partial charge in [0.05, 0.1) is 0 Å². The van der Waals surface area contributed by atoms with E-state index in [4.69, 9.17) is 0 Å². The van der Waals surface area contributed by atoms with Crippen LogP contribution in [-0.4, -0.2) is 37.1 Å². The van der Waals surface area contributed by atoms with Gasteiger partial charge >= 0.3 is 0 Å². The topological polar surface area (TPSA) is 15.3 Å². The Hall–Kier alpha value is -0.340. The maximum absolute atomic E-state index is 3.86. The monoisotopic (exact) mass is 182 g/mol. The Labute approximate surface area is 82.0 Å². The molecule has 1 N–H and O–H groups in total. The Morgan fingerprint density at radius 1 is 1.54 bits per heavy atom. The largest absolute Gasteiger partial charge is 0.312 e. The van der Waals surface area contributed by atoms with Gasteiger partial charge in [0.25, 0.3) is 0 Å². The van der Waals surface area contributed by atoms with Crippen LogP contribution in [0.2, 0.25) is 0 Å². The maximum atomic E-state index is 3.86. The molecule has 0 aliphatic heterocycles. The average molecular weight is 182 g/mol. The second kappa shape index (κ2) is 5.40. The van der Waals surface area contributed by atoms with Gasteiger partial charge in [-0.2, -0.15) is 0 Å². The highest BCUT2D eigenvalue weighted by Crippen LogP contribution is 2.25. The van der Waals surface area contributed by atoms with Gasteiger partial charge < -0.3 is 5.32 Å². The fourth-order valence-electron chi connectivity index (χ4n) is 1.56. The third kappa shape index (κ3) is 4.44. The highest BCUT2D eigenvalue weighted by Gasteiger charge is 2.26. The van der Waals surface area contributed by atoms with Crippen LogP contribution in [0.3, 0.4) is 0 Å². The zero-order chi connectivity index (χ0) is 9.68. The van der Waals surface area contributed by atoms with Gasteiger partial charge in [0.15, 0.2) is 0 Å². The van der Waals surface area contributed by atoms with E-state index in [0.717, 1.165) is 19.1 Å². The molecule has 0 aromatic rings. The first-order valence-corrected chi connectivity index (χ1v) is 5.33. The van der Waals surface area contributed by atoms with Crippen LogP contribution in [0.15, 0.2) is 12.2 Å². The summed E-state index contributed by atoms with van der Waals surface area (Å²) in [6, 6.07) is 0.900. The Morgan fingerprint density at radius 3 is 2.69 bits per heavy atom. The molecule has 1 aliphatic carbocycles. The molecule has 2 heteroatoms. The van der Waals surface area contributed by atoms with E-state index >= 15 is 0 Å². The predicted octanol–water partition coefficient (Wildman–Crippen LogP) is 1.64.